The van der Waals surface area contributed by atoms with Crippen molar-refractivity contribution in [1.29, 1.82) is 0 Å². The molecule has 0 unspecified atom stereocenters. The zero-order valence-electron chi connectivity index (χ0n) is 42.2. The van der Waals surface area contributed by atoms with Crippen LogP contribution in [0.4, 0.5) is 4.39 Å². The molecule has 2 aliphatic carbocycles. The van der Waals surface area contributed by atoms with Gasteiger partial charge in [0.05, 0.1) is 40.3 Å². The Kier molecular flexibility index (Phi) is 16.0. The van der Waals surface area contributed by atoms with Crippen LogP contribution >= 0.6 is 11.3 Å². The lowest BCUT2D eigenvalue weighted by atomic mass is 9.85. The van der Waals surface area contributed by atoms with Crippen LogP contribution in [0.5, 0.6) is 11.5 Å². The van der Waals surface area contributed by atoms with Gasteiger partial charge in [-0.3, -0.25) is 33.6 Å². The highest BCUT2D eigenvalue weighted by atomic mass is 32.1. The predicted molar refractivity (Wildman–Crippen MR) is 272 cm³/mol. The van der Waals surface area contributed by atoms with Crippen molar-refractivity contribution < 1.29 is 57.4 Å². The number of fused-ring (bicyclic) bond motifs is 1. The van der Waals surface area contributed by atoms with Crippen LogP contribution in [0, 0.1) is 12.3 Å². The summed E-state index contributed by atoms with van der Waals surface area (Å²) in [6.45, 7) is 5.84. The molecule has 8 rings (SSSR count). The molecule has 1 aliphatic heterocycles. The monoisotopic (exact) mass is 1050 g/mol. The van der Waals surface area contributed by atoms with E-state index in [9.17, 15) is 48.2 Å². The quantitative estimate of drug-likeness (QED) is 0.0620. The van der Waals surface area contributed by atoms with Crippen LogP contribution in [-0.4, -0.2) is 135 Å². The molecular formula is C53H60FN9O11S. The molecule has 3 heterocycles. The summed E-state index contributed by atoms with van der Waals surface area (Å²) in [7, 11) is 1.50. The molecule has 1 saturated heterocycles. The summed E-state index contributed by atoms with van der Waals surface area (Å²) >= 11 is 1.40. The number of ether oxygens (including phenoxy) is 1. The van der Waals surface area contributed by atoms with E-state index in [1.165, 1.54) is 51.9 Å². The number of nitrogens with zero attached hydrogens (tertiary/aromatic N) is 4. The van der Waals surface area contributed by atoms with Crippen molar-refractivity contribution in [2.75, 3.05) is 39.8 Å². The molecule has 2 aromatic heterocycles. The highest BCUT2D eigenvalue weighted by Crippen LogP contribution is 2.41. The number of amides is 7. The molecule has 0 radical (unpaired) electrons. The van der Waals surface area contributed by atoms with E-state index >= 15 is 0 Å². The number of aromatic nitrogens is 2. The SMILES string of the molecule is Cc1ncsc1-c1ccc(CNC(=O)[C@@H]2C[C@@H](O)CN2C(=O)[C@@H](NC(=O)C2(F)CC2)C(C)(C)C)c(OCC(=O)NCC(=O)NCCN(C)C(=O)c2ccc(-c3cc(C(=O)N[C@@H]4CCc5ccccc54)no3)cc2O)c1. The number of likely N-dealkylation sites (tertiary alicyclic amines) is 1. The first-order valence-corrected chi connectivity index (χ1v) is 25.5. The summed E-state index contributed by atoms with van der Waals surface area (Å²) in [5.41, 5.74) is 3.48. The van der Waals surface area contributed by atoms with Crippen molar-refractivity contribution in [3.05, 3.63) is 106 Å². The smallest absolute Gasteiger partial charge is 0.273 e. The van der Waals surface area contributed by atoms with E-state index in [1.54, 1.807) is 44.5 Å². The molecule has 3 aliphatic rings. The summed E-state index contributed by atoms with van der Waals surface area (Å²) in [6, 6.07) is 16.5. The number of thiazole rings is 1. The topological polar surface area (TPSA) is 275 Å². The lowest BCUT2D eigenvalue weighted by Crippen LogP contribution is -2.59. The van der Waals surface area contributed by atoms with Crippen LogP contribution in [0.25, 0.3) is 21.8 Å². The van der Waals surface area contributed by atoms with Gasteiger partial charge in [-0.15, -0.1) is 11.3 Å². The average molecular weight is 1050 g/mol. The molecule has 22 heteroatoms. The van der Waals surface area contributed by atoms with E-state index in [0.717, 1.165) is 34.5 Å². The second kappa shape index (κ2) is 22.4. The number of alkyl halides is 1. The number of phenols is 1. The maximum Gasteiger partial charge on any atom is 0.273 e. The number of β-amino-alcohol motifs (C(OH)–C–C–N with tert-alkyl or cyclic N) is 1. The molecule has 3 aromatic carbocycles. The zero-order chi connectivity index (χ0) is 53.8. The van der Waals surface area contributed by atoms with E-state index in [-0.39, 0.29) is 80.0 Å². The fourth-order valence-corrected chi connectivity index (χ4v) is 9.80. The standard InChI is InChI=1S/C53H60FN9O11S/c1-29-45(75-28-58-29)32-10-11-33(24-57-48(69)39-22-34(64)26-63(39)50(71)46(52(2,3)4)60-51(72)53(54)16-17-53)41(21-32)73-27-44(67)56-25-43(66)55-18-19-62(5)49(70)36-14-12-31(20-40(36)65)42-23-38(61-74-42)47(68)59-37-15-13-30-8-6-7-9-35(30)37/h6-12,14,20-21,23,28,34,37,39,46,64-65H,13,15-19,22,24-27H2,1-5H3,(H,55,66)(H,56,67)(H,57,69)(H,59,68)(H,60,72)/t34-,37-,39+,46-/m1/s1. The third-order valence-corrected chi connectivity index (χ3v) is 14.5. The Labute approximate surface area is 435 Å². The second-order valence-electron chi connectivity index (χ2n) is 20.2. The maximum atomic E-state index is 14.7. The summed E-state index contributed by atoms with van der Waals surface area (Å²) in [4.78, 5) is 100. The van der Waals surface area contributed by atoms with Gasteiger partial charge in [-0.1, -0.05) is 68.4 Å². The minimum atomic E-state index is -2.02. The molecule has 7 amide bonds. The number of phenolic OH excluding ortho intramolecular Hbond substituents is 1. The number of likely N-dealkylation sites (N-methyl/N-ethyl adjacent to an activating group) is 1. The van der Waals surface area contributed by atoms with Gasteiger partial charge < -0.3 is 55.9 Å². The first-order chi connectivity index (χ1) is 35.7. The third kappa shape index (κ3) is 12.6. The highest BCUT2D eigenvalue weighted by molar-refractivity contribution is 7.13. The van der Waals surface area contributed by atoms with Gasteiger partial charge in [-0.25, -0.2) is 9.37 Å². The van der Waals surface area contributed by atoms with E-state index < -0.39 is 83.8 Å². The van der Waals surface area contributed by atoms with Crippen molar-refractivity contribution in [3.63, 3.8) is 0 Å². The number of nitrogens with one attached hydrogen (secondary N) is 5. The average Bonchev–Trinajstić information content (AvgIpc) is 3.86. The predicted octanol–water partition coefficient (Wildman–Crippen LogP) is 3.89. The minimum Gasteiger partial charge on any atom is -0.507 e. The van der Waals surface area contributed by atoms with E-state index in [4.69, 9.17) is 9.26 Å². The van der Waals surface area contributed by atoms with Crippen molar-refractivity contribution in [1.82, 2.24) is 46.5 Å². The van der Waals surface area contributed by atoms with Crippen LogP contribution < -0.4 is 31.3 Å². The van der Waals surface area contributed by atoms with Gasteiger partial charge >= 0.3 is 0 Å². The number of carbonyl (C=O) groups is 7. The number of aromatic hydroxyl groups is 1. The van der Waals surface area contributed by atoms with Crippen molar-refractivity contribution >= 4 is 52.7 Å². The van der Waals surface area contributed by atoms with Crippen LogP contribution in [0.15, 0.2) is 76.8 Å². The Hall–Kier alpha value is -7.72. The molecule has 0 bridgehead atoms. The Morgan fingerprint density at radius 1 is 0.987 bits per heavy atom. The molecule has 20 nitrogen and oxygen atoms in total. The van der Waals surface area contributed by atoms with Crippen LogP contribution in [0.1, 0.15) is 95.7 Å². The van der Waals surface area contributed by atoms with Gasteiger partial charge in [0, 0.05) is 56.8 Å². The van der Waals surface area contributed by atoms with Crippen LogP contribution in [0.3, 0.4) is 0 Å². The molecule has 7 N–H and O–H groups in total. The summed E-state index contributed by atoms with van der Waals surface area (Å²) in [5.74, 6) is -4.10. The van der Waals surface area contributed by atoms with E-state index in [1.807, 2.05) is 37.3 Å². The lowest BCUT2D eigenvalue weighted by molar-refractivity contribution is -0.145. The number of benzene rings is 3. The van der Waals surface area contributed by atoms with Gasteiger partial charge in [0.2, 0.25) is 17.7 Å². The number of rotatable bonds is 19. The number of aliphatic hydroxyl groups is 1. The molecule has 2 fully saturated rings. The fraction of sp³-hybridized carbons (Fsp3) is 0.415. The van der Waals surface area contributed by atoms with E-state index in [0.29, 0.717) is 11.1 Å². The van der Waals surface area contributed by atoms with Gasteiger partial charge in [0.25, 0.3) is 23.6 Å². The first-order valence-electron chi connectivity index (χ1n) is 24.6. The summed E-state index contributed by atoms with van der Waals surface area (Å²) < 4.78 is 26.0. The number of hydrogen-bond acceptors (Lipinski definition) is 14. The highest BCUT2D eigenvalue weighted by Gasteiger charge is 2.53. The Balaban J connectivity index is 0.805. The zero-order valence-corrected chi connectivity index (χ0v) is 43.0. The number of carbonyl (C=O) groups excluding carboxylic acids is 7. The number of aliphatic hydroxyl groups excluding tert-OH is 1. The normalized spacial score (nSPS) is 17.8. The maximum absolute atomic E-state index is 14.7. The number of aryl methyl sites for hydroxylation is 2. The first kappa shape index (κ1) is 53.6. The van der Waals surface area contributed by atoms with Crippen molar-refractivity contribution in [2.24, 2.45) is 5.41 Å². The summed E-state index contributed by atoms with van der Waals surface area (Å²) in [6.07, 6.45) is 0.661. The number of hydrogen-bond donors (Lipinski definition) is 7. The molecule has 0 spiro atoms. The van der Waals surface area contributed by atoms with Gasteiger partial charge in [-0.05, 0) is 72.9 Å². The fourth-order valence-electron chi connectivity index (χ4n) is 9.00. The van der Waals surface area contributed by atoms with Gasteiger partial charge in [0.15, 0.2) is 23.7 Å². The Morgan fingerprint density at radius 2 is 1.75 bits per heavy atom. The Bertz CT molecular complexity index is 3000. The van der Waals surface area contributed by atoms with E-state index in [2.05, 4.69) is 36.7 Å². The molecule has 396 valence electrons. The van der Waals surface area contributed by atoms with Crippen molar-refractivity contribution in [2.45, 2.75) is 96.2 Å². The van der Waals surface area contributed by atoms with Gasteiger partial charge in [0.1, 0.15) is 23.6 Å². The molecule has 5 aromatic rings. The molecule has 1 saturated carbocycles. The number of halogens is 1. The molecule has 75 heavy (non-hydrogen) atoms. The largest absolute Gasteiger partial charge is 0.507 e. The van der Waals surface area contributed by atoms with Crippen molar-refractivity contribution in [3.8, 4) is 33.3 Å². The van der Waals surface area contributed by atoms with Crippen LogP contribution in [-0.2, 0) is 36.9 Å². The third-order valence-electron chi connectivity index (χ3n) is 13.5. The Morgan fingerprint density at radius 3 is 2.47 bits per heavy atom. The minimum absolute atomic E-state index is 0.0113. The molecular weight excluding hydrogens is 990 g/mol. The second-order valence-corrected chi connectivity index (χ2v) is 21.0. The lowest BCUT2D eigenvalue weighted by Gasteiger charge is -2.35. The summed E-state index contributed by atoms with van der Waals surface area (Å²) in [5, 5.41) is 38.9. The molecule has 4 atom stereocenters. The van der Waals surface area contributed by atoms with Gasteiger partial charge in [-0.2, -0.15) is 0 Å². The van der Waals surface area contributed by atoms with Crippen LogP contribution in [0.2, 0.25) is 0 Å².